The van der Waals surface area contributed by atoms with Gasteiger partial charge in [-0.1, -0.05) is 39.0 Å². The van der Waals surface area contributed by atoms with E-state index in [2.05, 4.69) is 32.2 Å². The Morgan fingerprint density at radius 3 is 2.37 bits per heavy atom. The van der Waals surface area contributed by atoms with Crippen molar-refractivity contribution in [2.24, 2.45) is 0 Å². The van der Waals surface area contributed by atoms with E-state index in [0.29, 0.717) is 6.54 Å². The van der Waals surface area contributed by atoms with Crippen LogP contribution in [0.2, 0.25) is 0 Å². The van der Waals surface area contributed by atoms with E-state index >= 15 is 0 Å². The van der Waals surface area contributed by atoms with Crippen LogP contribution in [0.1, 0.15) is 43.9 Å². The van der Waals surface area contributed by atoms with Crippen LogP contribution in [0.25, 0.3) is 0 Å². The number of carbonyl (C=O) groups excluding carboxylic acids is 1. The van der Waals surface area contributed by atoms with E-state index in [1.54, 1.807) is 0 Å². The molecular formula is C15H21NO3. The van der Waals surface area contributed by atoms with E-state index in [4.69, 9.17) is 5.11 Å². The molecule has 0 aliphatic carbocycles. The molecule has 0 aliphatic rings. The van der Waals surface area contributed by atoms with Crippen LogP contribution in [0, 0.1) is 6.92 Å². The Kier molecular flexibility index (Phi) is 4.70. The van der Waals surface area contributed by atoms with Crippen molar-refractivity contribution >= 4 is 11.9 Å². The van der Waals surface area contributed by atoms with Crippen molar-refractivity contribution in [1.82, 2.24) is 5.32 Å². The summed E-state index contributed by atoms with van der Waals surface area (Å²) in [5.41, 5.74) is 3.44. The van der Waals surface area contributed by atoms with Gasteiger partial charge in [-0.2, -0.15) is 0 Å². The van der Waals surface area contributed by atoms with E-state index in [1.807, 2.05) is 19.1 Å². The maximum absolute atomic E-state index is 11.3. The molecule has 0 aliphatic heterocycles. The van der Waals surface area contributed by atoms with Gasteiger partial charge in [0.05, 0.1) is 0 Å². The van der Waals surface area contributed by atoms with Crippen molar-refractivity contribution < 1.29 is 14.7 Å². The van der Waals surface area contributed by atoms with Crippen molar-refractivity contribution in [3.05, 3.63) is 34.9 Å². The number of benzene rings is 1. The number of rotatable bonds is 4. The smallest absolute Gasteiger partial charge is 0.312 e. The number of aliphatic carboxylic acids is 1. The highest BCUT2D eigenvalue weighted by atomic mass is 16.4. The van der Waals surface area contributed by atoms with Crippen molar-refractivity contribution in [3.63, 3.8) is 0 Å². The Bertz CT molecular complexity index is 487. The molecule has 0 saturated heterocycles. The Morgan fingerprint density at radius 2 is 1.89 bits per heavy atom. The van der Waals surface area contributed by atoms with Crippen LogP contribution in [0.5, 0.6) is 0 Å². The highest BCUT2D eigenvalue weighted by Gasteiger charge is 2.14. The Hall–Kier alpha value is -1.84. The maximum Gasteiger partial charge on any atom is 0.312 e. The van der Waals surface area contributed by atoms with Gasteiger partial charge in [-0.25, -0.2) is 0 Å². The lowest BCUT2D eigenvalue weighted by atomic mass is 9.85. The second-order valence-electron chi connectivity index (χ2n) is 5.74. The summed E-state index contributed by atoms with van der Waals surface area (Å²) < 4.78 is 0. The molecular weight excluding hydrogens is 242 g/mol. The zero-order valence-electron chi connectivity index (χ0n) is 11.9. The van der Waals surface area contributed by atoms with E-state index in [0.717, 1.165) is 11.1 Å². The summed E-state index contributed by atoms with van der Waals surface area (Å²) in [6.07, 6.45) is -0.487. The fraction of sp³-hybridized carbons (Fsp3) is 0.467. The van der Waals surface area contributed by atoms with E-state index in [1.165, 1.54) is 5.56 Å². The average molecular weight is 263 g/mol. The summed E-state index contributed by atoms with van der Waals surface area (Å²) in [6.45, 7) is 8.80. The molecule has 1 rings (SSSR count). The van der Waals surface area contributed by atoms with Gasteiger partial charge in [0.2, 0.25) is 5.91 Å². The van der Waals surface area contributed by atoms with Crippen molar-refractivity contribution in [2.75, 3.05) is 0 Å². The zero-order chi connectivity index (χ0) is 14.6. The lowest BCUT2D eigenvalue weighted by Gasteiger charge is -2.20. The van der Waals surface area contributed by atoms with Crippen LogP contribution in [0.3, 0.4) is 0 Å². The molecule has 0 saturated carbocycles. The summed E-state index contributed by atoms with van der Waals surface area (Å²) in [4.78, 5) is 21.7. The first-order valence-electron chi connectivity index (χ1n) is 6.28. The number of aryl methyl sites for hydroxylation is 1. The van der Waals surface area contributed by atoms with Gasteiger partial charge in [-0.15, -0.1) is 0 Å². The highest BCUT2D eigenvalue weighted by molar-refractivity contribution is 5.93. The molecule has 0 heterocycles. The Morgan fingerprint density at radius 1 is 1.26 bits per heavy atom. The fourth-order valence-corrected chi connectivity index (χ4v) is 1.75. The van der Waals surface area contributed by atoms with Crippen LogP contribution < -0.4 is 5.32 Å². The summed E-state index contributed by atoms with van der Waals surface area (Å²) in [6, 6.07) is 6.14. The molecule has 4 heteroatoms. The first-order chi connectivity index (χ1) is 8.70. The monoisotopic (exact) mass is 263 g/mol. The molecule has 0 spiro atoms. The van der Waals surface area contributed by atoms with Gasteiger partial charge < -0.3 is 10.4 Å². The fourth-order valence-electron chi connectivity index (χ4n) is 1.75. The van der Waals surface area contributed by atoms with E-state index < -0.39 is 18.3 Å². The number of hydrogen-bond donors (Lipinski definition) is 2. The van der Waals surface area contributed by atoms with Crippen LogP contribution in [-0.2, 0) is 21.5 Å². The predicted molar refractivity (Wildman–Crippen MR) is 74.0 cm³/mol. The third-order valence-corrected chi connectivity index (χ3v) is 3.00. The number of hydrogen-bond acceptors (Lipinski definition) is 2. The first-order valence-corrected chi connectivity index (χ1v) is 6.28. The normalized spacial score (nSPS) is 11.2. The second-order valence-corrected chi connectivity index (χ2v) is 5.74. The number of carbonyl (C=O) groups is 2. The molecule has 104 valence electrons. The topological polar surface area (TPSA) is 66.4 Å². The zero-order valence-corrected chi connectivity index (χ0v) is 11.9. The summed E-state index contributed by atoms with van der Waals surface area (Å²) in [5, 5.41) is 11.1. The largest absolute Gasteiger partial charge is 0.481 e. The molecule has 0 atom stereocenters. The molecule has 0 bridgehead atoms. The quantitative estimate of drug-likeness (QED) is 0.820. The SMILES string of the molecule is Cc1cc(C(C)(C)C)ccc1CNC(=O)CC(=O)O. The minimum atomic E-state index is -1.11. The maximum atomic E-state index is 11.3. The first kappa shape index (κ1) is 15.2. The van der Waals surface area contributed by atoms with Gasteiger partial charge in [0, 0.05) is 6.54 Å². The number of amides is 1. The average Bonchev–Trinajstić information content (AvgIpc) is 2.25. The van der Waals surface area contributed by atoms with Crippen molar-refractivity contribution in [2.45, 2.75) is 46.1 Å². The van der Waals surface area contributed by atoms with Crippen LogP contribution >= 0.6 is 0 Å². The highest BCUT2D eigenvalue weighted by Crippen LogP contribution is 2.24. The van der Waals surface area contributed by atoms with Gasteiger partial charge in [-0.3, -0.25) is 9.59 Å². The lowest BCUT2D eigenvalue weighted by molar-refractivity contribution is -0.140. The van der Waals surface area contributed by atoms with Crippen LogP contribution in [0.15, 0.2) is 18.2 Å². The lowest BCUT2D eigenvalue weighted by Crippen LogP contribution is -2.25. The molecule has 0 unspecified atom stereocenters. The molecule has 2 N–H and O–H groups in total. The Labute approximate surface area is 113 Å². The minimum absolute atomic E-state index is 0.0931. The summed E-state index contributed by atoms with van der Waals surface area (Å²) in [7, 11) is 0. The van der Waals surface area contributed by atoms with Crippen molar-refractivity contribution in [3.8, 4) is 0 Å². The Balaban J connectivity index is 2.71. The van der Waals surface area contributed by atoms with Crippen molar-refractivity contribution in [1.29, 1.82) is 0 Å². The summed E-state index contributed by atoms with van der Waals surface area (Å²) in [5.74, 6) is -1.58. The molecule has 0 aromatic heterocycles. The second kappa shape index (κ2) is 5.87. The summed E-state index contributed by atoms with van der Waals surface area (Å²) >= 11 is 0. The standard InChI is InChI=1S/C15H21NO3/c1-10-7-12(15(2,3)4)6-5-11(10)9-16-13(17)8-14(18)19/h5-7H,8-9H2,1-4H3,(H,16,17)(H,18,19). The number of carboxylic acids is 1. The van der Waals surface area contributed by atoms with E-state index in [-0.39, 0.29) is 5.41 Å². The van der Waals surface area contributed by atoms with Gasteiger partial charge in [-0.05, 0) is 29.0 Å². The van der Waals surface area contributed by atoms with E-state index in [9.17, 15) is 9.59 Å². The number of nitrogens with one attached hydrogen (secondary N) is 1. The minimum Gasteiger partial charge on any atom is -0.481 e. The molecule has 19 heavy (non-hydrogen) atoms. The van der Waals surface area contributed by atoms with Crippen LogP contribution in [0.4, 0.5) is 0 Å². The molecule has 0 radical (unpaired) electrons. The van der Waals surface area contributed by atoms with Gasteiger partial charge in [0.1, 0.15) is 6.42 Å². The molecule has 0 fully saturated rings. The molecule has 1 amide bonds. The van der Waals surface area contributed by atoms with Gasteiger partial charge >= 0.3 is 5.97 Å². The van der Waals surface area contributed by atoms with Crippen LogP contribution in [-0.4, -0.2) is 17.0 Å². The van der Waals surface area contributed by atoms with Gasteiger partial charge in [0.25, 0.3) is 0 Å². The molecule has 4 nitrogen and oxygen atoms in total. The molecule has 1 aromatic carbocycles. The van der Waals surface area contributed by atoms with Gasteiger partial charge in [0.15, 0.2) is 0 Å². The molecule has 1 aromatic rings. The third-order valence-electron chi connectivity index (χ3n) is 3.00. The predicted octanol–water partition coefficient (Wildman–Crippen LogP) is 2.38. The third kappa shape index (κ3) is 4.73. The number of carboxylic acid groups (broad SMARTS) is 1.